The van der Waals surface area contributed by atoms with Crippen LogP contribution in [0.2, 0.25) is 0 Å². The molecular weight excluding hydrogens is 202 g/mol. The van der Waals surface area contributed by atoms with Crippen molar-refractivity contribution in [3.63, 3.8) is 0 Å². The molecule has 0 aliphatic carbocycles. The minimum absolute atomic E-state index is 0.188. The largest absolute Gasteiger partial charge is 0.479 e. The number of aliphatic carboxylic acids is 1. The second kappa shape index (κ2) is 5.82. The van der Waals surface area contributed by atoms with Crippen LogP contribution < -0.4 is 5.48 Å². The van der Waals surface area contributed by atoms with Gasteiger partial charge in [-0.05, 0) is 12.1 Å². The molecule has 0 atom stereocenters. The maximum Gasteiger partial charge on any atom is 0.332 e. The average Bonchev–Trinajstić information content (AvgIpc) is 2.66. The molecule has 6 nitrogen and oxygen atoms in total. The molecule has 0 aliphatic heterocycles. The van der Waals surface area contributed by atoms with Gasteiger partial charge in [0.2, 0.25) is 5.91 Å². The van der Waals surface area contributed by atoms with E-state index in [9.17, 15) is 9.59 Å². The highest BCUT2D eigenvalue weighted by molar-refractivity contribution is 5.75. The van der Waals surface area contributed by atoms with E-state index in [2.05, 4.69) is 4.84 Å². The van der Waals surface area contributed by atoms with Crippen LogP contribution in [0.4, 0.5) is 0 Å². The number of hydrogen-bond acceptors (Lipinski definition) is 4. The van der Waals surface area contributed by atoms with Crippen molar-refractivity contribution < 1.29 is 24.0 Å². The lowest BCUT2D eigenvalue weighted by atomic mass is 10.2. The third-order valence-electron chi connectivity index (χ3n) is 1.56. The normalized spacial score (nSPS) is 9.87. The van der Waals surface area contributed by atoms with Crippen LogP contribution in [0.3, 0.4) is 0 Å². The van der Waals surface area contributed by atoms with Gasteiger partial charge in [-0.2, -0.15) is 0 Å². The van der Waals surface area contributed by atoms with Gasteiger partial charge in [-0.3, -0.25) is 9.63 Å². The summed E-state index contributed by atoms with van der Waals surface area (Å²) in [5, 5.41) is 8.22. The number of carboxylic acid groups (broad SMARTS) is 1. The van der Waals surface area contributed by atoms with E-state index in [0.717, 1.165) is 0 Å². The molecule has 0 aromatic carbocycles. The predicted molar refractivity (Wildman–Crippen MR) is 48.8 cm³/mol. The molecule has 0 fully saturated rings. The molecule has 0 radical (unpaired) electrons. The van der Waals surface area contributed by atoms with Gasteiger partial charge >= 0.3 is 5.97 Å². The minimum Gasteiger partial charge on any atom is -0.479 e. The van der Waals surface area contributed by atoms with Gasteiger partial charge in [-0.25, -0.2) is 10.3 Å². The van der Waals surface area contributed by atoms with E-state index in [1.165, 1.54) is 6.26 Å². The van der Waals surface area contributed by atoms with Crippen molar-refractivity contribution in [2.45, 2.75) is 12.8 Å². The van der Waals surface area contributed by atoms with Crippen molar-refractivity contribution in [3.05, 3.63) is 24.2 Å². The number of hydrogen-bond donors (Lipinski definition) is 2. The molecule has 2 N–H and O–H groups in total. The lowest BCUT2D eigenvalue weighted by Gasteiger charge is -2.02. The van der Waals surface area contributed by atoms with Gasteiger partial charge in [-0.15, -0.1) is 0 Å². The number of hydroxylamine groups is 1. The Morgan fingerprint density at radius 3 is 2.93 bits per heavy atom. The Morgan fingerprint density at radius 2 is 2.33 bits per heavy atom. The Hall–Kier alpha value is -1.82. The van der Waals surface area contributed by atoms with Crippen molar-refractivity contribution in [1.82, 2.24) is 5.48 Å². The van der Waals surface area contributed by atoms with Gasteiger partial charge in [0.05, 0.1) is 6.26 Å². The van der Waals surface area contributed by atoms with Gasteiger partial charge in [0.25, 0.3) is 0 Å². The standard InChI is InChI=1S/C9H11NO5/c11-8(10-15-6-9(12)13)4-3-7-2-1-5-14-7/h1-2,5H,3-4,6H2,(H,10,11)(H,12,13). The number of furan rings is 1. The van der Waals surface area contributed by atoms with Crippen molar-refractivity contribution >= 4 is 11.9 Å². The third kappa shape index (κ3) is 4.82. The maximum atomic E-state index is 11.0. The van der Waals surface area contributed by atoms with E-state index in [-0.39, 0.29) is 12.3 Å². The topological polar surface area (TPSA) is 88.8 Å². The molecule has 0 spiro atoms. The smallest absolute Gasteiger partial charge is 0.332 e. The van der Waals surface area contributed by atoms with Crippen LogP contribution in [0.25, 0.3) is 0 Å². The molecule has 82 valence electrons. The van der Waals surface area contributed by atoms with E-state index < -0.39 is 12.6 Å². The van der Waals surface area contributed by atoms with Crippen LogP contribution in [0.5, 0.6) is 0 Å². The summed E-state index contributed by atoms with van der Waals surface area (Å²) >= 11 is 0. The van der Waals surface area contributed by atoms with Crippen LogP contribution in [0, 0.1) is 0 Å². The number of amides is 1. The van der Waals surface area contributed by atoms with Crippen LogP contribution in [0.15, 0.2) is 22.8 Å². The summed E-state index contributed by atoms with van der Waals surface area (Å²) in [5.74, 6) is -0.822. The number of nitrogens with one attached hydrogen (secondary N) is 1. The van der Waals surface area contributed by atoms with Crippen molar-refractivity contribution in [2.24, 2.45) is 0 Å². The molecule has 0 bridgehead atoms. The first-order valence-corrected chi connectivity index (χ1v) is 4.33. The fourth-order valence-corrected chi connectivity index (χ4v) is 0.921. The zero-order chi connectivity index (χ0) is 11.1. The number of carbonyl (C=O) groups is 2. The van der Waals surface area contributed by atoms with Gasteiger partial charge in [0.15, 0.2) is 6.61 Å². The molecule has 0 saturated heterocycles. The first-order valence-electron chi connectivity index (χ1n) is 4.33. The highest BCUT2D eigenvalue weighted by Gasteiger charge is 2.04. The van der Waals surface area contributed by atoms with E-state index >= 15 is 0 Å². The number of rotatable bonds is 6. The van der Waals surface area contributed by atoms with Crippen molar-refractivity contribution in [2.75, 3.05) is 6.61 Å². The quantitative estimate of drug-likeness (QED) is 0.665. The lowest BCUT2D eigenvalue weighted by Crippen LogP contribution is -2.26. The molecule has 15 heavy (non-hydrogen) atoms. The van der Waals surface area contributed by atoms with Crippen molar-refractivity contribution in [1.29, 1.82) is 0 Å². The lowest BCUT2D eigenvalue weighted by molar-refractivity contribution is -0.149. The molecule has 6 heteroatoms. The highest BCUT2D eigenvalue weighted by atomic mass is 16.7. The summed E-state index contributed by atoms with van der Waals surface area (Å²) in [7, 11) is 0. The van der Waals surface area contributed by atoms with Crippen LogP contribution in [0.1, 0.15) is 12.2 Å². The molecule has 1 heterocycles. The van der Waals surface area contributed by atoms with Crippen LogP contribution in [-0.4, -0.2) is 23.6 Å². The van der Waals surface area contributed by atoms with E-state index in [4.69, 9.17) is 9.52 Å². The van der Waals surface area contributed by atoms with Gasteiger partial charge in [0.1, 0.15) is 5.76 Å². The number of carbonyl (C=O) groups excluding carboxylic acids is 1. The Balaban J connectivity index is 2.11. The Labute approximate surface area is 85.8 Å². The summed E-state index contributed by atoms with van der Waals surface area (Å²) < 4.78 is 5.01. The van der Waals surface area contributed by atoms with Crippen LogP contribution in [-0.2, 0) is 20.8 Å². The first kappa shape index (κ1) is 11.3. The zero-order valence-electron chi connectivity index (χ0n) is 7.93. The average molecular weight is 213 g/mol. The molecule has 0 aliphatic rings. The Morgan fingerprint density at radius 1 is 1.53 bits per heavy atom. The summed E-state index contributed by atoms with van der Waals surface area (Å²) in [4.78, 5) is 25.5. The molecule has 1 aromatic rings. The predicted octanol–water partition coefficient (Wildman–Crippen LogP) is 0.345. The second-order valence-electron chi connectivity index (χ2n) is 2.79. The summed E-state index contributed by atoms with van der Waals surface area (Å²) in [6.45, 7) is -0.549. The molecule has 1 amide bonds. The molecule has 0 unspecified atom stereocenters. The monoisotopic (exact) mass is 213 g/mol. The van der Waals surface area contributed by atoms with Crippen LogP contribution >= 0.6 is 0 Å². The summed E-state index contributed by atoms with van der Waals surface area (Å²) in [6.07, 6.45) is 2.16. The molecule has 1 aromatic heterocycles. The summed E-state index contributed by atoms with van der Waals surface area (Å²) in [6, 6.07) is 3.49. The van der Waals surface area contributed by atoms with Gasteiger partial charge in [-0.1, -0.05) is 0 Å². The number of carboxylic acids is 1. The zero-order valence-corrected chi connectivity index (χ0v) is 7.93. The third-order valence-corrected chi connectivity index (χ3v) is 1.56. The molecule has 0 saturated carbocycles. The SMILES string of the molecule is O=C(O)CONC(=O)CCc1ccco1. The Kier molecular flexibility index (Phi) is 4.36. The van der Waals surface area contributed by atoms with E-state index in [1.54, 1.807) is 12.1 Å². The maximum absolute atomic E-state index is 11.0. The van der Waals surface area contributed by atoms with Gasteiger partial charge < -0.3 is 9.52 Å². The first-order chi connectivity index (χ1) is 7.18. The van der Waals surface area contributed by atoms with E-state index in [0.29, 0.717) is 12.2 Å². The molecule has 1 rings (SSSR count). The molecular formula is C9H11NO5. The fraction of sp³-hybridized carbons (Fsp3) is 0.333. The fourth-order valence-electron chi connectivity index (χ4n) is 0.921. The summed E-state index contributed by atoms with van der Waals surface area (Å²) in [5.41, 5.74) is 2.01. The highest BCUT2D eigenvalue weighted by Crippen LogP contribution is 2.02. The Bertz CT molecular complexity index is 319. The second-order valence-corrected chi connectivity index (χ2v) is 2.79. The minimum atomic E-state index is -1.14. The van der Waals surface area contributed by atoms with E-state index in [1.807, 2.05) is 5.48 Å². The van der Waals surface area contributed by atoms with Crippen molar-refractivity contribution in [3.8, 4) is 0 Å². The number of aryl methyl sites for hydroxylation is 1. The van der Waals surface area contributed by atoms with Gasteiger partial charge in [0, 0.05) is 12.8 Å².